The van der Waals surface area contributed by atoms with Gasteiger partial charge in [-0.15, -0.1) is 0 Å². The van der Waals surface area contributed by atoms with Gasteiger partial charge in [-0.3, -0.25) is 19.8 Å². The average Bonchev–Trinajstić information content (AvgIpc) is 2.90. The van der Waals surface area contributed by atoms with Gasteiger partial charge in [-0.25, -0.2) is 4.98 Å². The van der Waals surface area contributed by atoms with Crippen molar-refractivity contribution < 1.29 is 39.2 Å². The van der Waals surface area contributed by atoms with Gasteiger partial charge < -0.3 is 40.7 Å². The summed E-state index contributed by atoms with van der Waals surface area (Å²) in [7, 11) is -0.130. The van der Waals surface area contributed by atoms with Crippen LogP contribution in [0.1, 0.15) is 43.0 Å². The summed E-state index contributed by atoms with van der Waals surface area (Å²) < 4.78 is 15.3. The second-order valence-corrected chi connectivity index (χ2v) is 10.9. The van der Waals surface area contributed by atoms with Crippen LogP contribution in [0.5, 0.6) is 0 Å². The minimum atomic E-state index is -1.37. The fourth-order valence-electron chi connectivity index (χ4n) is 3.64. The van der Waals surface area contributed by atoms with Crippen molar-refractivity contribution in [3.8, 4) is 0 Å². The van der Waals surface area contributed by atoms with Crippen molar-refractivity contribution in [1.82, 2.24) is 20.9 Å². The maximum absolute atomic E-state index is 12.2. The number of pyridine rings is 1. The first kappa shape index (κ1) is 32.5. The highest BCUT2D eigenvalue weighted by Crippen LogP contribution is 2.22. The number of unbranched alkanes of at least 4 members (excludes halogenated alkanes) is 1. The molecule has 1 aliphatic heterocycles. The van der Waals surface area contributed by atoms with Crippen molar-refractivity contribution in [1.29, 1.82) is 0 Å². The Hall–Kier alpha value is -2.69. The van der Waals surface area contributed by atoms with E-state index in [0.717, 1.165) is 0 Å². The number of hydrogen-bond acceptors (Lipinski definition) is 10. The quantitative estimate of drug-likeness (QED) is 0.0991. The molecule has 39 heavy (non-hydrogen) atoms. The summed E-state index contributed by atoms with van der Waals surface area (Å²) in [5.74, 6) is -0.254. The van der Waals surface area contributed by atoms with Crippen LogP contribution in [0.25, 0.3) is 0 Å². The van der Waals surface area contributed by atoms with Crippen LogP contribution in [0.15, 0.2) is 22.8 Å². The van der Waals surface area contributed by atoms with Gasteiger partial charge in [0.1, 0.15) is 30.2 Å². The summed E-state index contributed by atoms with van der Waals surface area (Å²) in [6.45, 7) is 1.72. The smallest absolute Gasteiger partial charge is 0.252 e. The second-order valence-electron chi connectivity index (χ2n) is 9.13. The number of hydrogen-bond donors (Lipinski definition) is 7. The molecule has 7 N–H and O–H groups in total. The van der Waals surface area contributed by atoms with Crippen molar-refractivity contribution >= 4 is 34.2 Å². The van der Waals surface area contributed by atoms with Crippen LogP contribution in [-0.2, 0) is 29.8 Å². The normalized spacial score (nSPS) is 22.7. The molecule has 5 unspecified atom stereocenters. The zero-order valence-corrected chi connectivity index (χ0v) is 23.3. The van der Waals surface area contributed by atoms with Gasteiger partial charge in [0.2, 0.25) is 11.8 Å². The number of ether oxygens (including phenoxy) is 2. The largest absolute Gasteiger partial charge is 0.394 e. The Morgan fingerprint density at radius 3 is 2.49 bits per heavy atom. The van der Waals surface area contributed by atoms with Gasteiger partial charge in [0.15, 0.2) is 6.29 Å². The van der Waals surface area contributed by atoms with Crippen molar-refractivity contribution in [2.75, 3.05) is 44.2 Å². The topological polar surface area (TPSA) is 204 Å². The van der Waals surface area contributed by atoms with E-state index in [1.807, 2.05) is 12.5 Å². The highest BCUT2D eigenvalue weighted by Gasteiger charge is 2.45. The molecule has 0 aromatic carbocycles. The number of aliphatic hydroxyl groups excluding tert-OH is 3. The molecule has 3 amide bonds. The lowest BCUT2D eigenvalue weighted by Gasteiger charge is -2.42. The Labute approximate surface area is 230 Å². The Morgan fingerprint density at radius 1 is 1.10 bits per heavy atom. The Bertz CT molecular complexity index is 962. The summed E-state index contributed by atoms with van der Waals surface area (Å²) in [6, 6.07) is 2.34. The van der Waals surface area contributed by atoms with E-state index in [4.69, 9.17) is 9.47 Å². The SMILES string of the molecule is CC(=O)NC1C(OCCCCC(=O)NCCCNC(=O)c2ccc(NN=S(C)C)nc2)OC(CO)C(O)C1O. The van der Waals surface area contributed by atoms with E-state index in [0.29, 0.717) is 43.7 Å². The van der Waals surface area contributed by atoms with Crippen molar-refractivity contribution in [2.24, 2.45) is 4.47 Å². The van der Waals surface area contributed by atoms with Crippen molar-refractivity contribution in [3.63, 3.8) is 0 Å². The zero-order valence-electron chi connectivity index (χ0n) is 22.5. The van der Waals surface area contributed by atoms with Crippen LogP contribution < -0.4 is 21.4 Å². The first-order chi connectivity index (χ1) is 18.6. The van der Waals surface area contributed by atoms with Crippen LogP contribution in [-0.4, -0.2) is 107 Å². The number of nitrogens with one attached hydrogen (secondary N) is 4. The highest BCUT2D eigenvalue weighted by atomic mass is 32.2. The van der Waals surface area contributed by atoms with Gasteiger partial charge in [-0.2, -0.15) is 4.47 Å². The van der Waals surface area contributed by atoms with Crippen LogP contribution in [0.2, 0.25) is 0 Å². The molecular formula is C24H40N6O8S. The van der Waals surface area contributed by atoms with E-state index in [1.54, 1.807) is 12.1 Å². The number of aliphatic hydroxyl groups is 3. The average molecular weight is 573 g/mol. The van der Waals surface area contributed by atoms with Gasteiger partial charge in [-0.1, -0.05) is 10.7 Å². The summed E-state index contributed by atoms with van der Waals surface area (Å²) in [4.78, 5) is 39.9. The lowest BCUT2D eigenvalue weighted by molar-refractivity contribution is -0.270. The Morgan fingerprint density at radius 2 is 1.85 bits per heavy atom. The Balaban J connectivity index is 1.59. The molecule has 0 aliphatic carbocycles. The first-order valence-electron chi connectivity index (χ1n) is 12.7. The molecule has 220 valence electrons. The lowest BCUT2D eigenvalue weighted by atomic mass is 9.97. The molecule has 1 fully saturated rings. The summed E-state index contributed by atoms with van der Waals surface area (Å²) in [5, 5.41) is 37.7. The predicted molar refractivity (Wildman–Crippen MR) is 145 cm³/mol. The van der Waals surface area contributed by atoms with E-state index in [-0.39, 0.29) is 35.5 Å². The van der Waals surface area contributed by atoms with Gasteiger partial charge in [-0.05, 0) is 43.9 Å². The van der Waals surface area contributed by atoms with E-state index in [2.05, 4.69) is 30.8 Å². The molecule has 0 saturated carbocycles. The number of rotatable bonds is 15. The molecule has 2 heterocycles. The number of anilines is 1. The standard InChI is InChI=1S/C24H40N6O8S/c1-15(32)28-20-22(35)21(34)17(14-31)38-24(20)37-12-5-4-7-19(33)25-10-6-11-26-23(36)16-8-9-18(27-13-16)29-30-39(2)3/h8-9,13,17,20-22,24,31,34-35H,4-7,10-12,14H2,1-3H3,(H,25,33)(H,26,36)(H,27,29)(H,28,32). The third kappa shape index (κ3) is 11.5. The molecule has 1 saturated heterocycles. The molecule has 1 aromatic rings. The van der Waals surface area contributed by atoms with Gasteiger partial charge >= 0.3 is 0 Å². The van der Waals surface area contributed by atoms with Gasteiger partial charge in [0.25, 0.3) is 5.91 Å². The van der Waals surface area contributed by atoms with Crippen LogP contribution in [0.4, 0.5) is 5.82 Å². The first-order valence-corrected chi connectivity index (χ1v) is 14.7. The number of carbonyl (C=O) groups excluding carboxylic acids is 3. The molecular weight excluding hydrogens is 532 g/mol. The van der Waals surface area contributed by atoms with Gasteiger partial charge in [0, 0.05) is 39.2 Å². The maximum Gasteiger partial charge on any atom is 0.252 e. The lowest BCUT2D eigenvalue weighted by Crippen LogP contribution is -2.64. The summed E-state index contributed by atoms with van der Waals surface area (Å²) in [6.07, 6.45) is 2.41. The summed E-state index contributed by atoms with van der Waals surface area (Å²) in [5.41, 5.74) is 3.26. The molecule has 15 heteroatoms. The van der Waals surface area contributed by atoms with E-state index >= 15 is 0 Å². The fraction of sp³-hybridized carbons (Fsp3) is 0.667. The molecule has 2 rings (SSSR count). The molecule has 1 aromatic heterocycles. The zero-order chi connectivity index (χ0) is 28.8. The minimum Gasteiger partial charge on any atom is -0.394 e. The Kier molecular flexibility index (Phi) is 14.3. The predicted octanol–water partition coefficient (Wildman–Crippen LogP) is -1.16. The van der Waals surface area contributed by atoms with Crippen LogP contribution >= 0.6 is 0 Å². The highest BCUT2D eigenvalue weighted by molar-refractivity contribution is 7.85. The van der Waals surface area contributed by atoms with Gasteiger partial charge in [0.05, 0.1) is 12.2 Å². The maximum atomic E-state index is 12.2. The van der Waals surface area contributed by atoms with Crippen molar-refractivity contribution in [2.45, 2.75) is 63.3 Å². The monoisotopic (exact) mass is 572 g/mol. The van der Waals surface area contributed by atoms with E-state index in [9.17, 15) is 29.7 Å². The molecule has 14 nitrogen and oxygen atoms in total. The second kappa shape index (κ2) is 17.1. The molecule has 0 bridgehead atoms. The molecule has 1 aliphatic rings. The molecule has 0 radical (unpaired) electrons. The minimum absolute atomic E-state index is 0.130. The number of amides is 3. The summed E-state index contributed by atoms with van der Waals surface area (Å²) >= 11 is 0. The third-order valence-electron chi connectivity index (χ3n) is 5.66. The number of nitrogens with zero attached hydrogens (tertiary/aromatic N) is 2. The van der Waals surface area contributed by atoms with Crippen LogP contribution in [0.3, 0.4) is 0 Å². The molecule has 5 atom stereocenters. The third-order valence-corrected chi connectivity index (χ3v) is 6.12. The van der Waals surface area contributed by atoms with Crippen LogP contribution in [0, 0.1) is 0 Å². The van der Waals surface area contributed by atoms with E-state index < -0.39 is 43.2 Å². The fourth-order valence-corrected chi connectivity index (χ4v) is 3.92. The van der Waals surface area contributed by atoms with E-state index in [1.165, 1.54) is 13.1 Å². The van der Waals surface area contributed by atoms with Crippen molar-refractivity contribution in [3.05, 3.63) is 23.9 Å². The number of aromatic nitrogens is 1. The number of carbonyl (C=O) groups is 3. The molecule has 0 spiro atoms.